The van der Waals surface area contributed by atoms with Crippen molar-refractivity contribution in [1.82, 2.24) is 0 Å². The van der Waals surface area contributed by atoms with E-state index in [1.807, 2.05) is 13.8 Å². The van der Waals surface area contributed by atoms with Gasteiger partial charge in [-0.2, -0.15) is 0 Å². The van der Waals surface area contributed by atoms with Gasteiger partial charge in [-0.3, -0.25) is 0 Å². The van der Waals surface area contributed by atoms with Crippen LogP contribution in [0.5, 0.6) is 0 Å². The van der Waals surface area contributed by atoms with Crippen LogP contribution in [0, 0.1) is 23.7 Å². The first kappa shape index (κ1) is 23.4. The molecule has 0 saturated carbocycles. The van der Waals surface area contributed by atoms with Crippen LogP contribution in [0.2, 0.25) is 0 Å². The SMILES string of the molecule is CCC(C)CC(C)(C#CC(C)(CC(C)CC)OCCO)OCCO. The Morgan fingerprint density at radius 3 is 1.38 bits per heavy atom. The van der Waals surface area contributed by atoms with Crippen LogP contribution in [-0.2, 0) is 9.47 Å². The van der Waals surface area contributed by atoms with E-state index in [2.05, 4.69) is 39.5 Å². The average molecular weight is 343 g/mol. The fraction of sp³-hybridized carbons (Fsp3) is 0.900. The van der Waals surface area contributed by atoms with Crippen LogP contribution >= 0.6 is 0 Å². The maximum absolute atomic E-state index is 9.09. The molecule has 24 heavy (non-hydrogen) atoms. The molecule has 0 radical (unpaired) electrons. The van der Waals surface area contributed by atoms with Crippen LogP contribution in [0.3, 0.4) is 0 Å². The Balaban J connectivity index is 5.33. The third-order valence-electron chi connectivity index (χ3n) is 4.48. The van der Waals surface area contributed by atoms with Gasteiger partial charge in [-0.25, -0.2) is 0 Å². The van der Waals surface area contributed by atoms with Crippen LogP contribution in [-0.4, -0.2) is 47.8 Å². The molecule has 0 amide bonds. The van der Waals surface area contributed by atoms with Gasteiger partial charge in [0.15, 0.2) is 0 Å². The smallest absolute Gasteiger partial charge is 0.126 e. The van der Waals surface area contributed by atoms with Crippen molar-refractivity contribution in [3.63, 3.8) is 0 Å². The van der Waals surface area contributed by atoms with Crippen LogP contribution < -0.4 is 0 Å². The molecular weight excluding hydrogens is 304 g/mol. The van der Waals surface area contributed by atoms with E-state index in [1.165, 1.54) is 0 Å². The second kappa shape index (κ2) is 11.9. The average Bonchev–Trinajstić information content (AvgIpc) is 2.56. The minimum atomic E-state index is -0.600. The van der Waals surface area contributed by atoms with Gasteiger partial charge in [0.25, 0.3) is 0 Å². The summed E-state index contributed by atoms with van der Waals surface area (Å²) in [6, 6.07) is 0. The van der Waals surface area contributed by atoms with Gasteiger partial charge < -0.3 is 19.7 Å². The quantitative estimate of drug-likeness (QED) is 0.534. The van der Waals surface area contributed by atoms with E-state index in [9.17, 15) is 0 Å². The molecule has 4 heteroatoms. The fourth-order valence-electron chi connectivity index (χ4n) is 2.72. The van der Waals surface area contributed by atoms with E-state index >= 15 is 0 Å². The molecule has 0 saturated heterocycles. The molecule has 0 spiro atoms. The summed E-state index contributed by atoms with van der Waals surface area (Å²) in [6.45, 7) is 13.2. The van der Waals surface area contributed by atoms with Crippen molar-refractivity contribution in [2.24, 2.45) is 11.8 Å². The largest absolute Gasteiger partial charge is 0.394 e. The maximum atomic E-state index is 9.09. The van der Waals surface area contributed by atoms with Crippen LogP contribution in [0.25, 0.3) is 0 Å². The summed E-state index contributed by atoms with van der Waals surface area (Å²) >= 11 is 0. The van der Waals surface area contributed by atoms with Gasteiger partial charge in [-0.1, -0.05) is 52.4 Å². The number of rotatable bonds is 12. The number of ether oxygens (including phenoxy) is 2. The highest BCUT2D eigenvalue weighted by Crippen LogP contribution is 2.26. The summed E-state index contributed by atoms with van der Waals surface area (Å²) in [4.78, 5) is 0. The second-order valence-corrected chi connectivity index (χ2v) is 7.29. The molecule has 0 bridgehead atoms. The van der Waals surface area contributed by atoms with Gasteiger partial charge in [0.2, 0.25) is 0 Å². The van der Waals surface area contributed by atoms with Crippen molar-refractivity contribution in [3.05, 3.63) is 0 Å². The minimum absolute atomic E-state index is 0.0110. The van der Waals surface area contributed by atoms with E-state index in [-0.39, 0.29) is 26.4 Å². The highest BCUT2D eigenvalue weighted by atomic mass is 16.5. The molecule has 0 fully saturated rings. The van der Waals surface area contributed by atoms with Crippen molar-refractivity contribution in [2.45, 2.75) is 78.4 Å². The highest BCUT2D eigenvalue weighted by Gasteiger charge is 2.28. The molecule has 4 nitrogen and oxygen atoms in total. The Labute approximate surface area is 148 Å². The molecule has 0 heterocycles. The minimum Gasteiger partial charge on any atom is -0.394 e. The topological polar surface area (TPSA) is 58.9 Å². The zero-order valence-corrected chi connectivity index (χ0v) is 16.5. The molecule has 0 aliphatic carbocycles. The molecule has 2 N–H and O–H groups in total. The van der Waals surface area contributed by atoms with Crippen LogP contribution in [0.15, 0.2) is 0 Å². The first-order chi connectivity index (χ1) is 11.2. The second-order valence-electron chi connectivity index (χ2n) is 7.29. The van der Waals surface area contributed by atoms with Crippen LogP contribution in [0.1, 0.15) is 67.2 Å². The predicted molar refractivity (Wildman–Crippen MR) is 98.8 cm³/mol. The molecule has 0 aliphatic rings. The van der Waals surface area contributed by atoms with E-state index in [0.29, 0.717) is 11.8 Å². The summed E-state index contributed by atoms with van der Waals surface area (Å²) in [5.74, 6) is 7.55. The lowest BCUT2D eigenvalue weighted by atomic mass is 9.88. The van der Waals surface area contributed by atoms with Crippen molar-refractivity contribution in [1.29, 1.82) is 0 Å². The molecule has 4 atom stereocenters. The Morgan fingerprint density at radius 1 is 0.792 bits per heavy atom. The van der Waals surface area contributed by atoms with E-state index < -0.39 is 11.2 Å². The Morgan fingerprint density at radius 2 is 1.12 bits per heavy atom. The first-order valence-corrected chi connectivity index (χ1v) is 9.28. The van der Waals surface area contributed by atoms with Crippen LogP contribution in [0.4, 0.5) is 0 Å². The van der Waals surface area contributed by atoms with E-state index in [4.69, 9.17) is 19.7 Å². The number of hydrogen-bond acceptors (Lipinski definition) is 4. The first-order valence-electron chi connectivity index (χ1n) is 9.28. The molecule has 0 aromatic carbocycles. The van der Waals surface area contributed by atoms with Gasteiger partial charge in [0.05, 0.1) is 26.4 Å². The normalized spacial score (nSPS) is 18.8. The monoisotopic (exact) mass is 342 g/mol. The number of aliphatic hydroxyl groups excluding tert-OH is 2. The zero-order valence-electron chi connectivity index (χ0n) is 16.5. The lowest BCUT2D eigenvalue weighted by Crippen LogP contribution is -2.34. The van der Waals surface area contributed by atoms with Crippen molar-refractivity contribution < 1.29 is 19.7 Å². The molecular formula is C20H38O4. The summed E-state index contributed by atoms with van der Waals surface area (Å²) in [7, 11) is 0. The third-order valence-corrected chi connectivity index (χ3v) is 4.48. The zero-order chi connectivity index (χ0) is 18.6. The number of aliphatic hydroxyl groups is 2. The molecule has 142 valence electrons. The highest BCUT2D eigenvalue weighted by molar-refractivity contribution is 5.21. The number of hydrogen-bond donors (Lipinski definition) is 2. The lowest BCUT2D eigenvalue weighted by Gasteiger charge is -2.30. The predicted octanol–water partition coefficient (Wildman–Crippen LogP) is 3.40. The molecule has 0 aromatic rings. The van der Waals surface area contributed by atoms with E-state index in [1.54, 1.807) is 0 Å². The summed E-state index contributed by atoms with van der Waals surface area (Å²) in [5, 5.41) is 18.2. The summed E-state index contributed by atoms with van der Waals surface area (Å²) in [5.41, 5.74) is -1.20. The fourth-order valence-corrected chi connectivity index (χ4v) is 2.72. The Hall–Kier alpha value is -0.600. The van der Waals surface area contributed by atoms with Gasteiger partial charge in [0, 0.05) is 0 Å². The Kier molecular flexibility index (Phi) is 11.6. The molecule has 0 aromatic heterocycles. The molecule has 0 rings (SSSR count). The van der Waals surface area contributed by atoms with Crippen molar-refractivity contribution in [2.75, 3.05) is 26.4 Å². The lowest BCUT2D eigenvalue weighted by molar-refractivity contribution is -0.0270. The summed E-state index contributed by atoms with van der Waals surface area (Å²) in [6.07, 6.45) is 3.75. The molecule has 4 unspecified atom stereocenters. The third kappa shape index (κ3) is 9.64. The van der Waals surface area contributed by atoms with Gasteiger partial charge >= 0.3 is 0 Å². The Bertz CT molecular complexity index is 353. The summed E-state index contributed by atoms with van der Waals surface area (Å²) < 4.78 is 11.7. The molecule has 0 aliphatic heterocycles. The standard InChI is InChI=1S/C20H38O4/c1-7-17(3)15-19(5,23-13-11-21)9-10-20(6,24-14-12-22)16-18(4)8-2/h17-18,21-22H,7-8,11-16H2,1-6H3. The van der Waals surface area contributed by atoms with Gasteiger partial charge in [-0.15, -0.1) is 0 Å². The van der Waals surface area contributed by atoms with Crippen molar-refractivity contribution >= 4 is 0 Å². The maximum Gasteiger partial charge on any atom is 0.126 e. The van der Waals surface area contributed by atoms with Gasteiger partial charge in [0.1, 0.15) is 11.2 Å². The van der Waals surface area contributed by atoms with E-state index in [0.717, 1.165) is 25.7 Å². The van der Waals surface area contributed by atoms with Gasteiger partial charge in [-0.05, 0) is 38.5 Å². The van der Waals surface area contributed by atoms with Crippen molar-refractivity contribution in [3.8, 4) is 11.8 Å².